The Morgan fingerprint density at radius 3 is 2.81 bits per heavy atom. The van der Waals surface area contributed by atoms with Crippen LogP contribution in [0.3, 0.4) is 0 Å². The van der Waals surface area contributed by atoms with Gasteiger partial charge in [-0.2, -0.15) is 5.10 Å². The summed E-state index contributed by atoms with van der Waals surface area (Å²) in [6.45, 7) is 5.74. The van der Waals surface area contributed by atoms with Gasteiger partial charge in [0.25, 0.3) is 0 Å². The molecular formula is C16H23N5. The van der Waals surface area contributed by atoms with Gasteiger partial charge in [-0.15, -0.1) is 0 Å². The Balaban J connectivity index is 1.68. The van der Waals surface area contributed by atoms with Gasteiger partial charge in [0.05, 0.1) is 11.9 Å². The van der Waals surface area contributed by atoms with Crippen LogP contribution in [-0.4, -0.2) is 45.3 Å². The Kier molecular flexibility index (Phi) is 3.92. The number of piperidine rings is 1. The first-order chi connectivity index (χ1) is 10.1. The fourth-order valence-corrected chi connectivity index (χ4v) is 2.97. The third kappa shape index (κ3) is 3.08. The van der Waals surface area contributed by atoms with Gasteiger partial charge in [0, 0.05) is 31.0 Å². The highest BCUT2D eigenvalue weighted by atomic mass is 15.3. The monoisotopic (exact) mass is 285 g/mol. The zero-order valence-corrected chi connectivity index (χ0v) is 12.9. The molecule has 0 radical (unpaired) electrons. The minimum absolute atomic E-state index is 0.508. The van der Waals surface area contributed by atoms with Crippen LogP contribution in [0.4, 0.5) is 5.69 Å². The highest BCUT2D eigenvalue weighted by Crippen LogP contribution is 2.24. The molecule has 3 unspecified atom stereocenters. The molecule has 1 saturated heterocycles. The lowest BCUT2D eigenvalue weighted by molar-refractivity contribution is 0.145. The van der Waals surface area contributed by atoms with E-state index in [4.69, 9.17) is 0 Å². The number of pyridine rings is 1. The second-order valence-electron chi connectivity index (χ2n) is 6.11. The standard InChI is InChI=1S/C16H23N5/c1-12-11-20(3)13(2)9-15(12)19-14-5-6-16(17-10-14)21-8-4-7-18-21/h4-8,10,12-13,15,19H,9,11H2,1-3H3. The number of rotatable bonds is 3. The normalized spacial score (nSPS) is 26.7. The first-order valence-corrected chi connectivity index (χ1v) is 7.56. The largest absolute Gasteiger partial charge is 0.381 e. The minimum atomic E-state index is 0.508. The van der Waals surface area contributed by atoms with Crippen molar-refractivity contribution in [3.8, 4) is 5.82 Å². The molecule has 1 aliphatic heterocycles. The van der Waals surface area contributed by atoms with Crippen molar-refractivity contribution in [2.45, 2.75) is 32.4 Å². The molecule has 5 heteroatoms. The molecule has 3 atom stereocenters. The molecule has 0 amide bonds. The molecule has 5 nitrogen and oxygen atoms in total. The van der Waals surface area contributed by atoms with Crippen LogP contribution in [0, 0.1) is 5.92 Å². The molecule has 2 aromatic heterocycles. The molecule has 1 fully saturated rings. The predicted molar refractivity (Wildman–Crippen MR) is 84.6 cm³/mol. The smallest absolute Gasteiger partial charge is 0.153 e. The van der Waals surface area contributed by atoms with Crippen LogP contribution in [0.1, 0.15) is 20.3 Å². The van der Waals surface area contributed by atoms with E-state index in [1.165, 1.54) is 6.42 Å². The molecule has 1 aliphatic rings. The number of hydrogen-bond donors (Lipinski definition) is 1. The van der Waals surface area contributed by atoms with Gasteiger partial charge < -0.3 is 10.2 Å². The summed E-state index contributed by atoms with van der Waals surface area (Å²) in [6, 6.07) is 7.11. The maximum Gasteiger partial charge on any atom is 0.153 e. The summed E-state index contributed by atoms with van der Waals surface area (Å²) in [4.78, 5) is 6.91. The zero-order chi connectivity index (χ0) is 14.8. The van der Waals surface area contributed by atoms with E-state index >= 15 is 0 Å². The second-order valence-corrected chi connectivity index (χ2v) is 6.11. The average Bonchev–Trinajstić information content (AvgIpc) is 3.00. The van der Waals surface area contributed by atoms with Crippen molar-refractivity contribution in [1.29, 1.82) is 0 Å². The molecule has 0 bridgehead atoms. The highest BCUT2D eigenvalue weighted by Gasteiger charge is 2.28. The number of likely N-dealkylation sites (tertiary alicyclic amines) is 1. The van der Waals surface area contributed by atoms with Gasteiger partial charge in [-0.1, -0.05) is 6.92 Å². The molecular weight excluding hydrogens is 262 g/mol. The van der Waals surface area contributed by atoms with E-state index in [1.807, 2.05) is 24.5 Å². The van der Waals surface area contributed by atoms with Crippen molar-refractivity contribution < 1.29 is 0 Å². The maximum atomic E-state index is 4.47. The van der Waals surface area contributed by atoms with Crippen molar-refractivity contribution in [2.24, 2.45) is 5.92 Å². The molecule has 0 aromatic carbocycles. The van der Waals surface area contributed by atoms with Crippen molar-refractivity contribution in [1.82, 2.24) is 19.7 Å². The Bertz CT molecular complexity index is 563. The van der Waals surface area contributed by atoms with E-state index in [0.717, 1.165) is 18.1 Å². The lowest BCUT2D eigenvalue weighted by Crippen LogP contribution is -2.48. The lowest BCUT2D eigenvalue weighted by Gasteiger charge is -2.40. The van der Waals surface area contributed by atoms with Crippen LogP contribution in [-0.2, 0) is 0 Å². The van der Waals surface area contributed by atoms with Gasteiger partial charge in [0.2, 0.25) is 0 Å². The highest BCUT2D eigenvalue weighted by molar-refractivity contribution is 5.44. The Hall–Kier alpha value is -1.88. The van der Waals surface area contributed by atoms with Crippen LogP contribution in [0.25, 0.3) is 5.82 Å². The number of nitrogens with one attached hydrogen (secondary N) is 1. The van der Waals surface area contributed by atoms with Crippen LogP contribution >= 0.6 is 0 Å². The summed E-state index contributed by atoms with van der Waals surface area (Å²) in [5.74, 6) is 1.48. The van der Waals surface area contributed by atoms with E-state index in [9.17, 15) is 0 Å². The van der Waals surface area contributed by atoms with Crippen molar-refractivity contribution in [3.05, 3.63) is 36.8 Å². The summed E-state index contributed by atoms with van der Waals surface area (Å²) in [7, 11) is 2.21. The van der Waals surface area contributed by atoms with E-state index in [1.54, 1.807) is 10.9 Å². The Labute approximate surface area is 126 Å². The first-order valence-electron chi connectivity index (χ1n) is 7.56. The molecule has 1 N–H and O–H groups in total. The van der Waals surface area contributed by atoms with Crippen LogP contribution in [0.15, 0.2) is 36.8 Å². The molecule has 0 aliphatic carbocycles. The maximum absolute atomic E-state index is 4.47. The number of nitrogens with zero attached hydrogens (tertiary/aromatic N) is 4. The summed E-state index contributed by atoms with van der Waals surface area (Å²) >= 11 is 0. The number of aromatic nitrogens is 3. The zero-order valence-electron chi connectivity index (χ0n) is 12.9. The molecule has 3 heterocycles. The van der Waals surface area contributed by atoms with E-state index in [2.05, 4.69) is 47.3 Å². The third-order valence-electron chi connectivity index (χ3n) is 4.45. The Morgan fingerprint density at radius 2 is 2.14 bits per heavy atom. The van der Waals surface area contributed by atoms with Gasteiger partial charge in [0.15, 0.2) is 5.82 Å². The fraction of sp³-hybridized carbons (Fsp3) is 0.500. The number of hydrogen-bond acceptors (Lipinski definition) is 4. The van der Waals surface area contributed by atoms with Gasteiger partial charge in [-0.3, -0.25) is 0 Å². The molecule has 21 heavy (non-hydrogen) atoms. The van der Waals surface area contributed by atoms with Crippen molar-refractivity contribution >= 4 is 5.69 Å². The second kappa shape index (κ2) is 5.85. The van der Waals surface area contributed by atoms with Gasteiger partial charge >= 0.3 is 0 Å². The van der Waals surface area contributed by atoms with Gasteiger partial charge in [-0.05, 0) is 44.5 Å². The summed E-state index contributed by atoms with van der Waals surface area (Å²) in [5.41, 5.74) is 1.08. The Morgan fingerprint density at radius 1 is 1.29 bits per heavy atom. The topological polar surface area (TPSA) is 46.0 Å². The quantitative estimate of drug-likeness (QED) is 0.940. The molecule has 2 aromatic rings. The predicted octanol–water partition coefficient (Wildman–Crippen LogP) is 2.41. The van der Waals surface area contributed by atoms with E-state index in [0.29, 0.717) is 18.0 Å². The van der Waals surface area contributed by atoms with Gasteiger partial charge in [0.1, 0.15) is 0 Å². The molecule has 3 rings (SSSR count). The summed E-state index contributed by atoms with van der Waals surface area (Å²) in [5, 5.41) is 7.83. The van der Waals surface area contributed by atoms with Crippen LogP contribution < -0.4 is 5.32 Å². The summed E-state index contributed by atoms with van der Waals surface area (Å²) < 4.78 is 1.77. The lowest BCUT2D eigenvalue weighted by atomic mass is 9.90. The first kappa shape index (κ1) is 14.1. The fourth-order valence-electron chi connectivity index (χ4n) is 2.97. The minimum Gasteiger partial charge on any atom is -0.381 e. The van der Waals surface area contributed by atoms with E-state index < -0.39 is 0 Å². The van der Waals surface area contributed by atoms with Crippen LogP contribution in [0.5, 0.6) is 0 Å². The molecule has 0 spiro atoms. The van der Waals surface area contributed by atoms with E-state index in [-0.39, 0.29) is 0 Å². The SMILES string of the molecule is CC1CN(C)C(C)CC1Nc1ccc(-n2cccn2)nc1. The number of anilines is 1. The van der Waals surface area contributed by atoms with Gasteiger partial charge in [-0.25, -0.2) is 9.67 Å². The third-order valence-corrected chi connectivity index (χ3v) is 4.45. The van der Waals surface area contributed by atoms with Crippen LogP contribution in [0.2, 0.25) is 0 Å². The van der Waals surface area contributed by atoms with Crippen molar-refractivity contribution in [3.63, 3.8) is 0 Å². The molecule has 112 valence electrons. The summed E-state index contributed by atoms with van der Waals surface area (Å²) in [6.07, 6.45) is 6.72. The average molecular weight is 285 g/mol. The van der Waals surface area contributed by atoms with Crippen molar-refractivity contribution in [2.75, 3.05) is 18.9 Å². The molecule has 0 saturated carbocycles.